The van der Waals surface area contributed by atoms with Crippen molar-refractivity contribution in [2.24, 2.45) is 5.92 Å². The molecule has 1 N–H and O–H groups in total. The number of hydrogen-bond donors (Lipinski definition) is 1. The van der Waals surface area contributed by atoms with Crippen LogP contribution in [0.25, 0.3) is 11.0 Å². The SMILES string of the molecule is CC1CCN(c2ccc([C@@H](C)NC(=O)c3cc4ccccc4o3)cc2)CC1. The van der Waals surface area contributed by atoms with Gasteiger partial charge in [-0.1, -0.05) is 37.3 Å². The maximum atomic E-state index is 12.5. The van der Waals surface area contributed by atoms with Gasteiger partial charge in [-0.3, -0.25) is 4.79 Å². The van der Waals surface area contributed by atoms with E-state index in [4.69, 9.17) is 4.42 Å². The topological polar surface area (TPSA) is 45.5 Å². The quantitative estimate of drug-likeness (QED) is 0.697. The standard InChI is InChI=1S/C23H26N2O2/c1-16-11-13-25(14-12-16)20-9-7-18(8-10-20)17(2)24-23(26)22-15-19-5-3-4-6-21(19)27-22/h3-10,15-17H,11-14H2,1-2H3,(H,24,26)/t17-/m1/s1. The van der Waals surface area contributed by atoms with Gasteiger partial charge in [0.05, 0.1) is 6.04 Å². The third-order valence-corrected chi connectivity index (χ3v) is 5.54. The van der Waals surface area contributed by atoms with Crippen molar-refractivity contribution < 1.29 is 9.21 Å². The maximum absolute atomic E-state index is 12.5. The van der Waals surface area contributed by atoms with E-state index >= 15 is 0 Å². The zero-order chi connectivity index (χ0) is 18.8. The largest absolute Gasteiger partial charge is 0.451 e. The fourth-order valence-corrected chi connectivity index (χ4v) is 3.69. The monoisotopic (exact) mass is 362 g/mol. The lowest BCUT2D eigenvalue weighted by molar-refractivity contribution is 0.0914. The Labute approximate surface area is 160 Å². The van der Waals surface area contributed by atoms with Crippen LogP contribution in [0.5, 0.6) is 0 Å². The van der Waals surface area contributed by atoms with Gasteiger partial charge in [0, 0.05) is 24.2 Å². The first-order valence-corrected chi connectivity index (χ1v) is 9.74. The van der Waals surface area contributed by atoms with Gasteiger partial charge in [0.1, 0.15) is 5.58 Å². The molecule has 0 spiro atoms. The Hall–Kier alpha value is -2.75. The molecule has 3 aromatic rings. The number of nitrogens with zero attached hydrogens (tertiary/aromatic N) is 1. The maximum Gasteiger partial charge on any atom is 0.287 e. The van der Waals surface area contributed by atoms with E-state index in [1.807, 2.05) is 31.2 Å². The second kappa shape index (κ2) is 7.47. The second-order valence-corrected chi connectivity index (χ2v) is 7.60. The predicted octanol–water partition coefficient (Wildman–Crippen LogP) is 5.16. The third kappa shape index (κ3) is 3.85. The Morgan fingerprint density at radius 1 is 1.11 bits per heavy atom. The fourth-order valence-electron chi connectivity index (χ4n) is 3.69. The molecule has 0 aliphatic carbocycles. The van der Waals surface area contributed by atoms with Crippen molar-refractivity contribution in [3.05, 3.63) is 65.9 Å². The number of para-hydroxylation sites is 1. The van der Waals surface area contributed by atoms with Crippen molar-refractivity contribution in [2.75, 3.05) is 18.0 Å². The van der Waals surface area contributed by atoms with Gasteiger partial charge in [0.15, 0.2) is 5.76 Å². The van der Waals surface area contributed by atoms with Gasteiger partial charge in [-0.05, 0) is 55.5 Å². The Kier molecular flexibility index (Phi) is 4.88. The third-order valence-electron chi connectivity index (χ3n) is 5.54. The number of fused-ring (bicyclic) bond motifs is 1. The molecule has 27 heavy (non-hydrogen) atoms. The number of carbonyl (C=O) groups is 1. The second-order valence-electron chi connectivity index (χ2n) is 7.60. The number of hydrogen-bond acceptors (Lipinski definition) is 3. The Morgan fingerprint density at radius 3 is 2.52 bits per heavy atom. The van der Waals surface area contributed by atoms with E-state index in [9.17, 15) is 4.79 Å². The van der Waals surface area contributed by atoms with E-state index in [0.717, 1.165) is 35.5 Å². The lowest BCUT2D eigenvalue weighted by Gasteiger charge is -2.32. The van der Waals surface area contributed by atoms with Gasteiger partial charge in [-0.2, -0.15) is 0 Å². The molecule has 1 saturated heterocycles. The summed E-state index contributed by atoms with van der Waals surface area (Å²) >= 11 is 0. The molecule has 2 aromatic carbocycles. The molecule has 4 heteroatoms. The summed E-state index contributed by atoms with van der Waals surface area (Å²) in [5.41, 5.74) is 3.09. The summed E-state index contributed by atoms with van der Waals surface area (Å²) in [6, 6.07) is 17.9. The van der Waals surface area contributed by atoms with Crippen LogP contribution in [0.2, 0.25) is 0 Å². The van der Waals surface area contributed by atoms with Crippen molar-refractivity contribution in [1.29, 1.82) is 0 Å². The van der Waals surface area contributed by atoms with Crippen molar-refractivity contribution in [2.45, 2.75) is 32.7 Å². The van der Waals surface area contributed by atoms with Crippen LogP contribution in [0.15, 0.2) is 59.0 Å². The zero-order valence-corrected chi connectivity index (χ0v) is 15.9. The molecule has 0 unspecified atom stereocenters. The molecular formula is C23H26N2O2. The van der Waals surface area contributed by atoms with E-state index in [2.05, 4.69) is 41.4 Å². The van der Waals surface area contributed by atoms with Gasteiger partial charge in [-0.25, -0.2) is 0 Å². The highest BCUT2D eigenvalue weighted by Gasteiger charge is 2.18. The highest BCUT2D eigenvalue weighted by molar-refractivity contribution is 5.96. The molecule has 0 radical (unpaired) electrons. The summed E-state index contributed by atoms with van der Waals surface area (Å²) in [5, 5.41) is 3.97. The summed E-state index contributed by atoms with van der Waals surface area (Å²) in [7, 11) is 0. The number of nitrogens with one attached hydrogen (secondary N) is 1. The van der Waals surface area contributed by atoms with Crippen LogP contribution < -0.4 is 10.2 Å². The van der Waals surface area contributed by atoms with E-state index in [1.165, 1.54) is 18.5 Å². The zero-order valence-electron chi connectivity index (χ0n) is 15.9. The minimum atomic E-state index is -0.187. The van der Waals surface area contributed by atoms with Crippen LogP contribution in [0.4, 0.5) is 5.69 Å². The summed E-state index contributed by atoms with van der Waals surface area (Å²) in [4.78, 5) is 15.0. The Morgan fingerprint density at radius 2 is 1.81 bits per heavy atom. The van der Waals surface area contributed by atoms with Gasteiger partial charge < -0.3 is 14.6 Å². The van der Waals surface area contributed by atoms with Crippen LogP contribution in [-0.2, 0) is 0 Å². The number of benzene rings is 2. The first-order chi connectivity index (χ1) is 13.1. The van der Waals surface area contributed by atoms with E-state index < -0.39 is 0 Å². The van der Waals surface area contributed by atoms with Crippen molar-refractivity contribution in [3.63, 3.8) is 0 Å². The van der Waals surface area contributed by atoms with Crippen molar-refractivity contribution in [1.82, 2.24) is 5.32 Å². The number of piperidine rings is 1. The van der Waals surface area contributed by atoms with Crippen molar-refractivity contribution in [3.8, 4) is 0 Å². The summed E-state index contributed by atoms with van der Waals surface area (Å²) in [6.07, 6.45) is 2.51. The predicted molar refractivity (Wildman–Crippen MR) is 109 cm³/mol. The highest BCUT2D eigenvalue weighted by Crippen LogP contribution is 2.25. The molecular weight excluding hydrogens is 336 g/mol. The van der Waals surface area contributed by atoms with Gasteiger partial charge in [0.2, 0.25) is 0 Å². The molecule has 1 fully saturated rings. The Bertz CT molecular complexity index is 888. The normalized spacial score (nSPS) is 16.4. The molecule has 1 aromatic heterocycles. The molecule has 1 aliphatic rings. The van der Waals surface area contributed by atoms with Gasteiger partial charge in [-0.15, -0.1) is 0 Å². The van der Waals surface area contributed by atoms with Crippen LogP contribution in [0, 0.1) is 5.92 Å². The average Bonchev–Trinajstić information content (AvgIpc) is 3.13. The number of rotatable bonds is 4. The van der Waals surface area contributed by atoms with E-state index in [-0.39, 0.29) is 11.9 Å². The molecule has 0 bridgehead atoms. The minimum absolute atomic E-state index is 0.0823. The first kappa shape index (κ1) is 17.7. The Balaban J connectivity index is 1.41. The molecule has 4 nitrogen and oxygen atoms in total. The molecule has 1 amide bonds. The molecule has 0 saturated carbocycles. The average molecular weight is 362 g/mol. The smallest absolute Gasteiger partial charge is 0.287 e. The minimum Gasteiger partial charge on any atom is -0.451 e. The summed E-state index contributed by atoms with van der Waals surface area (Å²) < 4.78 is 5.65. The lowest BCUT2D eigenvalue weighted by Crippen LogP contribution is -2.32. The summed E-state index contributed by atoms with van der Waals surface area (Å²) in [6.45, 7) is 6.57. The number of amides is 1. The van der Waals surface area contributed by atoms with Crippen LogP contribution >= 0.6 is 0 Å². The van der Waals surface area contributed by atoms with Crippen LogP contribution in [-0.4, -0.2) is 19.0 Å². The van der Waals surface area contributed by atoms with Crippen LogP contribution in [0.3, 0.4) is 0 Å². The molecule has 4 rings (SSSR count). The first-order valence-electron chi connectivity index (χ1n) is 9.74. The number of carbonyl (C=O) groups excluding carboxylic acids is 1. The molecule has 140 valence electrons. The van der Waals surface area contributed by atoms with E-state index in [1.54, 1.807) is 6.07 Å². The number of anilines is 1. The fraction of sp³-hybridized carbons (Fsp3) is 0.348. The van der Waals surface area contributed by atoms with Gasteiger partial charge in [0.25, 0.3) is 5.91 Å². The number of furan rings is 1. The summed E-state index contributed by atoms with van der Waals surface area (Å²) in [5.74, 6) is 0.990. The van der Waals surface area contributed by atoms with Gasteiger partial charge >= 0.3 is 0 Å². The van der Waals surface area contributed by atoms with E-state index in [0.29, 0.717) is 5.76 Å². The molecule has 1 aliphatic heterocycles. The van der Waals surface area contributed by atoms with Crippen molar-refractivity contribution >= 4 is 22.6 Å². The molecule has 2 heterocycles. The van der Waals surface area contributed by atoms with Crippen LogP contribution in [0.1, 0.15) is 48.8 Å². The molecule has 1 atom stereocenters. The highest BCUT2D eigenvalue weighted by atomic mass is 16.3. The lowest BCUT2D eigenvalue weighted by atomic mass is 9.98.